The summed E-state index contributed by atoms with van der Waals surface area (Å²) < 4.78 is 19.1. The van der Waals surface area contributed by atoms with Crippen molar-refractivity contribution in [3.05, 3.63) is 35.6 Å². The fourth-order valence-electron chi connectivity index (χ4n) is 3.23. The molecule has 1 saturated heterocycles. The van der Waals surface area contributed by atoms with Crippen LogP contribution in [0.5, 0.6) is 0 Å². The molecule has 0 unspecified atom stereocenters. The molecule has 0 aromatic heterocycles. The molecule has 21 heavy (non-hydrogen) atoms. The first-order chi connectivity index (χ1) is 10.1. The van der Waals surface area contributed by atoms with E-state index in [-0.39, 0.29) is 24.3 Å². The van der Waals surface area contributed by atoms with Gasteiger partial charge in [0.15, 0.2) is 0 Å². The van der Waals surface area contributed by atoms with Crippen molar-refractivity contribution < 1.29 is 13.9 Å². The zero-order valence-electron chi connectivity index (χ0n) is 12.2. The maximum atomic E-state index is 13.6. The highest BCUT2D eigenvalue weighted by Crippen LogP contribution is 2.38. The van der Waals surface area contributed by atoms with Gasteiger partial charge in [0, 0.05) is 30.7 Å². The molecule has 0 radical (unpaired) electrons. The molecule has 114 valence electrons. The van der Waals surface area contributed by atoms with Crippen molar-refractivity contribution in [2.75, 3.05) is 20.2 Å². The Bertz CT molecular complexity index is 523. The predicted octanol–water partition coefficient (Wildman–Crippen LogP) is 1.55. The third-order valence-corrected chi connectivity index (χ3v) is 4.42. The second-order valence-electron chi connectivity index (χ2n) is 6.04. The van der Waals surface area contributed by atoms with Crippen LogP contribution in [-0.2, 0) is 16.1 Å². The molecule has 0 bridgehead atoms. The number of hydrogen-bond acceptors (Lipinski definition) is 3. The van der Waals surface area contributed by atoms with E-state index in [1.165, 1.54) is 6.07 Å². The zero-order chi connectivity index (χ0) is 14.8. The number of nitrogens with zero attached hydrogens (tertiary/aromatic N) is 1. The van der Waals surface area contributed by atoms with Crippen molar-refractivity contribution >= 4 is 5.91 Å². The van der Waals surface area contributed by atoms with E-state index in [9.17, 15) is 9.18 Å². The molecule has 1 saturated carbocycles. The Hall–Kier alpha value is -1.46. The summed E-state index contributed by atoms with van der Waals surface area (Å²) in [5.74, 6) is 0.268. The summed E-state index contributed by atoms with van der Waals surface area (Å²) in [6.45, 7) is 1.53. The van der Waals surface area contributed by atoms with Gasteiger partial charge in [0.25, 0.3) is 0 Å². The molecule has 1 aromatic rings. The number of benzene rings is 1. The third kappa shape index (κ3) is 3.24. The van der Waals surface area contributed by atoms with Crippen LogP contribution >= 0.6 is 0 Å². The quantitative estimate of drug-likeness (QED) is 0.895. The Morgan fingerprint density at radius 3 is 3.05 bits per heavy atom. The van der Waals surface area contributed by atoms with Crippen LogP contribution in [0.25, 0.3) is 0 Å². The molecule has 5 heteroatoms. The van der Waals surface area contributed by atoms with E-state index < -0.39 is 0 Å². The number of ether oxygens (including phenoxy) is 1. The summed E-state index contributed by atoms with van der Waals surface area (Å²) in [6.07, 6.45) is 2.32. The van der Waals surface area contributed by atoms with Gasteiger partial charge in [0.1, 0.15) is 5.82 Å². The topological polar surface area (TPSA) is 41.6 Å². The molecule has 1 amide bonds. The number of halogens is 1. The Morgan fingerprint density at radius 2 is 2.29 bits per heavy atom. The van der Waals surface area contributed by atoms with Crippen LogP contribution in [-0.4, -0.2) is 43.2 Å². The lowest BCUT2D eigenvalue weighted by Gasteiger charge is -2.39. The highest BCUT2D eigenvalue weighted by atomic mass is 19.1. The first kappa shape index (κ1) is 14.5. The summed E-state index contributed by atoms with van der Waals surface area (Å²) in [5, 5.41) is 3.06. The van der Waals surface area contributed by atoms with Crippen molar-refractivity contribution in [3.63, 3.8) is 0 Å². The molecular weight excluding hydrogens is 271 g/mol. The number of fused-ring (bicyclic) bond motifs is 1. The van der Waals surface area contributed by atoms with Gasteiger partial charge in [0.05, 0.1) is 12.6 Å². The molecule has 2 aliphatic rings. The Kier molecular flexibility index (Phi) is 4.22. The lowest BCUT2D eigenvalue weighted by molar-refractivity contribution is -0.125. The Labute approximate surface area is 124 Å². The van der Waals surface area contributed by atoms with Gasteiger partial charge in [-0.25, -0.2) is 4.39 Å². The largest absolute Gasteiger partial charge is 0.378 e. The van der Waals surface area contributed by atoms with Gasteiger partial charge in [0.2, 0.25) is 5.91 Å². The summed E-state index contributed by atoms with van der Waals surface area (Å²) >= 11 is 0. The van der Waals surface area contributed by atoms with Crippen LogP contribution in [0.15, 0.2) is 24.3 Å². The fraction of sp³-hybridized carbons (Fsp3) is 0.562. The predicted molar refractivity (Wildman–Crippen MR) is 77.1 cm³/mol. The molecule has 1 heterocycles. The van der Waals surface area contributed by atoms with Gasteiger partial charge < -0.3 is 10.1 Å². The summed E-state index contributed by atoms with van der Waals surface area (Å²) in [7, 11) is 1.83. The molecule has 1 N–H and O–H groups in total. The van der Waals surface area contributed by atoms with E-state index in [1.54, 1.807) is 18.2 Å². The average molecular weight is 292 g/mol. The highest BCUT2D eigenvalue weighted by molar-refractivity contribution is 5.78. The van der Waals surface area contributed by atoms with Crippen LogP contribution < -0.4 is 5.32 Å². The standard InChI is InChI=1S/C16H21FN2O2/c1-19(9-11-4-2-3-5-13(11)17)10-16(20)18-14-8-15-12(14)6-7-21-15/h2-5,12,14-15H,6-10H2,1H3,(H,18,20)/t12-,14+,15+/m0/s1. The van der Waals surface area contributed by atoms with E-state index >= 15 is 0 Å². The van der Waals surface area contributed by atoms with Gasteiger partial charge in [-0.1, -0.05) is 18.2 Å². The van der Waals surface area contributed by atoms with Crippen LogP contribution in [0.4, 0.5) is 4.39 Å². The van der Waals surface area contributed by atoms with Crippen molar-refractivity contribution in [2.45, 2.75) is 31.5 Å². The van der Waals surface area contributed by atoms with Gasteiger partial charge in [-0.15, -0.1) is 0 Å². The molecule has 0 spiro atoms. The van der Waals surface area contributed by atoms with Gasteiger partial charge in [-0.05, 0) is 26.0 Å². The lowest BCUT2D eigenvalue weighted by atomic mass is 9.76. The van der Waals surface area contributed by atoms with Crippen LogP contribution in [0.1, 0.15) is 18.4 Å². The number of hydrogen-bond donors (Lipinski definition) is 1. The molecule has 3 rings (SSSR count). The minimum absolute atomic E-state index is 0.00388. The maximum Gasteiger partial charge on any atom is 0.234 e. The molecule has 2 fully saturated rings. The maximum absolute atomic E-state index is 13.6. The highest BCUT2D eigenvalue weighted by Gasteiger charge is 2.45. The van der Waals surface area contributed by atoms with Gasteiger partial charge in [-0.2, -0.15) is 0 Å². The minimum Gasteiger partial charge on any atom is -0.378 e. The average Bonchev–Trinajstić information content (AvgIpc) is 2.80. The smallest absolute Gasteiger partial charge is 0.234 e. The number of amides is 1. The second-order valence-corrected chi connectivity index (χ2v) is 6.04. The number of carbonyl (C=O) groups is 1. The summed E-state index contributed by atoms with van der Waals surface area (Å²) in [6, 6.07) is 6.92. The monoisotopic (exact) mass is 292 g/mol. The van der Waals surface area contributed by atoms with Crippen LogP contribution in [0.2, 0.25) is 0 Å². The molecule has 4 nitrogen and oxygen atoms in total. The lowest BCUT2D eigenvalue weighted by Crippen LogP contribution is -2.54. The SMILES string of the molecule is CN(CC(=O)N[C@@H]1C[C@H]2OCC[C@@H]12)Cc1ccccc1F. The minimum atomic E-state index is -0.227. The van der Waals surface area contributed by atoms with E-state index in [0.717, 1.165) is 19.4 Å². The van der Waals surface area contributed by atoms with E-state index in [2.05, 4.69) is 5.32 Å². The number of carbonyl (C=O) groups excluding carboxylic acids is 1. The fourth-order valence-corrected chi connectivity index (χ4v) is 3.23. The summed E-state index contributed by atoms with van der Waals surface area (Å²) in [5.41, 5.74) is 0.612. The molecule has 1 aliphatic heterocycles. The van der Waals surface area contributed by atoms with Crippen LogP contribution in [0, 0.1) is 11.7 Å². The van der Waals surface area contributed by atoms with Crippen molar-refractivity contribution in [2.24, 2.45) is 5.92 Å². The summed E-state index contributed by atoms with van der Waals surface area (Å²) in [4.78, 5) is 13.9. The molecule has 1 aliphatic carbocycles. The van der Waals surface area contributed by atoms with Crippen molar-refractivity contribution in [1.29, 1.82) is 0 Å². The van der Waals surface area contributed by atoms with Crippen molar-refractivity contribution in [1.82, 2.24) is 10.2 Å². The first-order valence-electron chi connectivity index (χ1n) is 7.46. The normalized spacial score (nSPS) is 27.3. The van der Waals surface area contributed by atoms with Crippen LogP contribution in [0.3, 0.4) is 0 Å². The molecular formula is C16H21FN2O2. The third-order valence-electron chi connectivity index (χ3n) is 4.42. The van der Waals surface area contributed by atoms with E-state index in [0.29, 0.717) is 24.1 Å². The van der Waals surface area contributed by atoms with E-state index in [4.69, 9.17) is 4.74 Å². The molecule has 3 atom stereocenters. The Balaban J connectivity index is 1.45. The number of rotatable bonds is 5. The van der Waals surface area contributed by atoms with Gasteiger partial charge >= 0.3 is 0 Å². The molecule has 1 aromatic carbocycles. The number of likely N-dealkylation sites (N-methyl/N-ethyl adjacent to an activating group) is 1. The van der Waals surface area contributed by atoms with Crippen molar-refractivity contribution in [3.8, 4) is 0 Å². The zero-order valence-corrected chi connectivity index (χ0v) is 12.2. The Morgan fingerprint density at radius 1 is 1.48 bits per heavy atom. The second kappa shape index (κ2) is 6.12. The first-order valence-corrected chi connectivity index (χ1v) is 7.46. The van der Waals surface area contributed by atoms with E-state index in [1.807, 2.05) is 11.9 Å². The van der Waals surface area contributed by atoms with Gasteiger partial charge in [-0.3, -0.25) is 9.69 Å². The number of nitrogens with one attached hydrogen (secondary N) is 1.